The molecule has 1 N–H and O–H groups in total. The Balaban J connectivity index is 1.66. The molecule has 0 aliphatic carbocycles. The van der Waals surface area contributed by atoms with Gasteiger partial charge in [0.2, 0.25) is 11.8 Å². The molecule has 1 aliphatic heterocycles. The molecule has 2 heterocycles. The van der Waals surface area contributed by atoms with Crippen molar-refractivity contribution in [2.75, 3.05) is 16.8 Å². The summed E-state index contributed by atoms with van der Waals surface area (Å²) in [6.45, 7) is 4.17. The van der Waals surface area contributed by atoms with E-state index in [9.17, 15) is 14.0 Å². The van der Waals surface area contributed by atoms with Gasteiger partial charge >= 0.3 is 0 Å². The third-order valence-corrected chi connectivity index (χ3v) is 4.68. The molecule has 0 bridgehead atoms. The van der Waals surface area contributed by atoms with Crippen molar-refractivity contribution in [2.45, 2.75) is 26.7 Å². The first-order valence-electron chi connectivity index (χ1n) is 7.78. The number of rotatable bonds is 4. The van der Waals surface area contributed by atoms with Crippen LogP contribution < -0.4 is 10.2 Å². The van der Waals surface area contributed by atoms with Crippen molar-refractivity contribution in [3.05, 3.63) is 40.7 Å². The highest BCUT2D eigenvalue weighted by atomic mass is 32.1. The Hall–Kier alpha value is -2.28. The Labute approximate surface area is 143 Å². The maximum Gasteiger partial charge on any atom is 0.233 e. The van der Waals surface area contributed by atoms with Gasteiger partial charge in [-0.2, -0.15) is 0 Å². The number of nitrogens with zero attached hydrogens (tertiary/aromatic N) is 2. The van der Waals surface area contributed by atoms with Gasteiger partial charge in [0.05, 0.1) is 12.1 Å². The summed E-state index contributed by atoms with van der Waals surface area (Å²) in [6, 6.07) is 4.49. The second-order valence-corrected chi connectivity index (χ2v) is 6.89. The summed E-state index contributed by atoms with van der Waals surface area (Å²) in [4.78, 5) is 30.1. The Bertz CT molecular complexity index is 788. The zero-order chi connectivity index (χ0) is 17.3. The van der Waals surface area contributed by atoms with Crippen LogP contribution in [0.25, 0.3) is 0 Å². The number of anilines is 2. The first-order valence-corrected chi connectivity index (χ1v) is 8.66. The van der Waals surface area contributed by atoms with Crippen molar-refractivity contribution in [3.8, 4) is 0 Å². The fourth-order valence-electron chi connectivity index (χ4n) is 2.58. The quantitative estimate of drug-likeness (QED) is 0.925. The monoisotopic (exact) mass is 347 g/mol. The van der Waals surface area contributed by atoms with Crippen molar-refractivity contribution >= 4 is 34.0 Å². The van der Waals surface area contributed by atoms with E-state index >= 15 is 0 Å². The van der Waals surface area contributed by atoms with E-state index in [2.05, 4.69) is 10.3 Å². The Kier molecular flexibility index (Phi) is 4.62. The summed E-state index contributed by atoms with van der Waals surface area (Å²) in [5.74, 6) is -0.585. The topological polar surface area (TPSA) is 62.3 Å². The number of carbonyl (C=O) groups is 2. The molecule has 126 valence electrons. The van der Waals surface area contributed by atoms with Gasteiger partial charge in [0.25, 0.3) is 0 Å². The maximum atomic E-state index is 13.3. The van der Waals surface area contributed by atoms with Crippen LogP contribution in [0, 0.1) is 11.7 Å². The number of thiazole rings is 1. The molecule has 7 heteroatoms. The van der Waals surface area contributed by atoms with Crippen molar-refractivity contribution in [3.63, 3.8) is 0 Å². The predicted octanol–water partition coefficient (Wildman–Crippen LogP) is 3.01. The fourth-order valence-corrected chi connectivity index (χ4v) is 3.29. The number of hydrogen-bond donors (Lipinski definition) is 1. The van der Waals surface area contributed by atoms with E-state index in [0.717, 1.165) is 11.3 Å². The number of amides is 2. The maximum absolute atomic E-state index is 13.3. The number of fused-ring (bicyclic) bond motifs is 1. The molecule has 0 saturated carbocycles. The number of nitrogens with one attached hydrogen (secondary N) is 1. The lowest BCUT2D eigenvalue weighted by molar-refractivity contribution is -0.119. The van der Waals surface area contributed by atoms with Gasteiger partial charge < -0.3 is 10.2 Å². The minimum absolute atomic E-state index is 0.0765. The van der Waals surface area contributed by atoms with E-state index in [4.69, 9.17) is 0 Å². The summed E-state index contributed by atoms with van der Waals surface area (Å²) in [6.07, 6.45) is 0.816. The van der Waals surface area contributed by atoms with E-state index in [1.54, 1.807) is 30.2 Å². The largest absolute Gasteiger partial charge is 0.311 e. The number of carbonyl (C=O) groups excluding carboxylic acids is 2. The number of hydrogen-bond acceptors (Lipinski definition) is 4. The van der Waals surface area contributed by atoms with E-state index in [1.165, 1.54) is 23.5 Å². The van der Waals surface area contributed by atoms with Crippen LogP contribution in [0.5, 0.6) is 0 Å². The van der Waals surface area contributed by atoms with Crippen LogP contribution in [0.1, 0.15) is 25.1 Å². The van der Waals surface area contributed by atoms with Gasteiger partial charge in [-0.25, -0.2) is 9.37 Å². The molecule has 0 saturated heterocycles. The molecule has 0 spiro atoms. The lowest BCUT2D eigenvalue weighted by Crippen LogP contribution is -2.30. The SMILES string of the molecule is CC(C)C(=O)Nc1nc(CC(=O)N2CCc3cc(F)ccc32)cs1. The molecule has 0 radical (unpaired) electrons. The van der Waals surface area contributed by atoms with Crippen LogP contribution in [-0.4, -0.2) is 23.3 Å². The Morgan fingerprint density at radius 1 is 1.42 bits per heavy atom. The van der Waals surface area contributed by atoms with Crippen molar-refractivity contribution in [1.29, 1.82) is 0 Å². The van der Waals surface area contributed by atoms with Gasteiger partial charge in [-0.1, -0.05) is 13.8 Å². The van der Waals surface area contributed by atoms with E-state index < -0.39 is 0 Å². The van der Waals surface area contributed by atoms with Gasteiger partial charge in [0.1, 0.15) is 5.82 Å². The third kappa shape index (κ3) is 3.46. The number of benzene rings is 1. The number of aromatic nitrogens is 1. The second-order valence-electron chi connectivity index (χ2n) is 6.03. The van der Waals surface area contributed by atoms with E-state index in [-0.39, 0.29) is 30.0 Å². The lowest BCUT2D eigenvalue weighted by Gasteiger charge is -2.16. The first-order chi connectivity index (χ1) is 11.4. The third-order valence-electron chi connectivity index (χ3n) is 3.88. The highest BCUT2D eigenvalue weighted by molar-refractivity contribution is 7.13. The molecular formula is C17H18FN3O2S. The van der Waals surface area contributed by atoms with Gasteiger partial charge in [-0.3, -0.25) is 9.59 Å². The lowest BCUT2D eigenvalue weighted by atomic mass is 10.1. The van der Waals surface area contributed by atoms with Crippen molar-refractivity contribution in [1.82, 2.24) is 4.98 Å². The van der Waals surface area contributed by atoms with Gasteiger partial charge in [0, 0.05) is 23.5 Å². The highest BCUT2D eigenvalue weighted by Crippen LogP contribution is 2.29. The Morgan fingerprint density at radius 3 is 2.96 bits per heavy atom. The van der Waals surface area contributed by atoms with Crippen LogP contribution in [0.15, 0.2) is 23.6 Å². The molecule has 3 rings (SSSR count). The molecule has 5 nitrogen and oxygen atoms in total. The molecule has 24 heavy (non-hydrogen) atoms. The van der Waals surface area contributed by atoms with Crippen LogP contribution in [-0.2, 0) is 22.4 Å². The van der Waals surface area contributed by atoms with Gasteiger partial charge in [-0.05, 0) is 30.2 Å². The summed E-state index contributed by atoms with van der Waals surface area (Å²) in [7, 11) is 0. The molecule has 1 aliphatic rings. The normalized spacial score (nSPS) is 13.2. The molecule has 1 aromatic carbocycles. The zero-order valence-electron chi connectivity index (χ0n) is 13.5. The first kappa shape index (κ1) is 16.6. The summed E-state index contributed by atoms with van der Waals surface area (Å²) >= 11 is 1.30. The van der Waals surface area contributed by atoms with E-state index in [0.29, 0.717) is 23.8 Å². The highest BCUT2D eigenvalue weighted by Gasteiger charge is 2.25. The smallest absolute Gasteiger partial charge is 0.233 e. The van der Waals surface area contributed by atoms with E-state index in [1.807, 2.05) is 0 Å². The van der Waals surface area contributed by atoms with Crippen molar-refractivity contribution < 1.29 is 14.0 Å². The summed E-state index contributed by atoms with van der Waals surface area (Å²) in [5, 5.41) is 5.00. The molecule has 1 aromatic heterocycles. The minimum Gasteiger partial charge on any atom is -0.311 e. The minimum atomic E-state index is -0.284. The zero-order valence-corrected chi connectivity index (χ0v) is 14.3. The Morgan fingerprint density at radius 2 is 2.21 bits per heavy atom. The molecule has 0 fully saturated rings. The standard InChI is InChI=1S/C17H18FN3O2S/c1-10(2)16(23)20-17-19-13(9-24-17)8-15(22)21-6-5-11-7-12(18)3-4-14(11)21/h3-4,7,9-10H,5-6,8H2,1-2H3,(H,19,20,23). The molecule has 0 atom stereocenters. The summed E-state index contributed by atoms with van der Waals surface area (Å²) < 4.78 is 13.3. The van der Waals surface area contributed by atoms with Crippen LogP contribution >= 0.6 is 11.3 Å². The van der Waals surface area contributed by atoms with Crippen molar-refractivity contribution in [2.24, 2.45) is 5.92 Å². The molecule has 2 amide bonds. The predicted molar refractivity (Wildman–Crippen MR) is 91.7 cm³/mol. The van der Waals surface area contributed by atoms with Crippen LogP contribution in [0.3, 0.4) is 0 Å². The van der Waals surface area contributed by atoms with Gasteiger partial charge in [-0.15, -0.1) is 11.3 Å². The fraction of sp³-hybridized carbons (Fsp3) is 0.353. The number of halogens is 1. The second kappa shape index (κ2) is 6.68. The average Bonchev–Trinajstić information content (AvgIpc) is 3.13. The van der Waals surface area contributed by atoms with Crippen LogP contribution in [0.2, 0.25) is 0 Å². The average molecular weight is 347 g/mol. The van der Waals surface area contributed by atoms with Crippen LogP contribution in [0.4, 0.5) is 15.2 Å². The molecule has 2 aromatic rings. The van der Waals surface area contributed by atoms with Gasteiger partial charge in [0.15, 0.2) is 5.13 Å². The molecule has 0 unspecified atom stereocenters. The molecular weight excluding hydrogens is 329 g/mol. The summed E-state index contributed by atoms with van der Waals surface area (Å²) in [5.41, 5.74) is 2.25.